The van der Waals surface area contributed by atoms with Gasteiger partial charge in [0.05, 0.1) is 0 Å². The summed E-state index contributed by atoms with van der Waals surface area (Å²) >= 11 is 0. The molecule has 0 radical (unpaired) electrons. The van der Waals surface area contributed by atoms with Gasteiger partial charge in [-0.2, -0.15) is 0 Å². The van der Waals surface area contributed by atoms with Gasteiger partial charge >= 0.3 is 6.09 Å². The second kappa shape index (κ2) is 6.57. The van der Waals surface area contributed by atoms with E-state index in [2.05, 4.69) is 29.8 Å². The van der Waals surface area contributed by atoms with Crippen LogP contribution in [0.15, 0.2) is 0 Å². The highest BCUT2D eigenvalue weighted by Crippen LogP contribution is 2.16. The first-order valence-electron chi connectivity index (χ1n) is 7.25. The molecule has 1 aliphatic rings. The summed E-state index contributed by atoms with van der Waals surface area (Å²) in [5.74, 6) is 0. The number of alkyl carbamates (subject to hydrolysis) is 1. The van der Waals surface area contributed by atoms with Crippen LogP contribution in [0.25, 0.3) is 0 Å². The lowest BCUT2D eigenvalue weighted by molar-refractivity contribution is 0.0502. The smallest absolute Gasteiger partial charge is 0.407 e. The third-order valence-electron chi connectivity index (χ3n) is 3.62. The number of amides is 1. The lowest BCUT2D eigenvalue weighted by atomic mass is 9.90. The van der Waals surface area contributed by atoms with Crippen LogP contribution in [-0.4, -0.2) is 42.9 Å². The number of carbonyl (C=O) groups excluding carboxylic acids is 1. The Balaban J connectivity index is 2.46. The van der Waals surface area contributed by atoms with Gasteiger partial charge in [0, 0.05) is 31.2 Å². The molecule has 3 N–H and O–H groups in total. The predicted octanol–water partition coefficient (Wildman–Crippen LogP) is 1.63. The second-order valence-corrected chi connectivity index (χ2v) is 6.34. The fourth-order valence-electron chi connectivity index (χ4n) is 2.13. The summed E-state index contributed by atoms with van der Waals surface area (Å²) < 4.78 is 5.28. The van der Waals surface area contributed by atoms with E-state index in [1.165, 1.54) is 0 Å². The maximum absolute atomic E-state index is 11.7. The first-order chi connectivity index (χ1) is 8.80. The number of ether oxygens (including phenoxy) is 1. The normalized spacial score (nSPS) is 16.9. The number of carbonyl (C=O) groups is 1. The number of rotatable bonds is 6. The summed E-state index contributed by atoms with van der Waals surface area (Å²) in [6.45, 7) is 12.5. The summed E-state index contributed by atoms with van der Waals surface area (Å²) in [4.78, 5) is 11.7. The van der Waals surface area contributed by atoms with Gasteiger partial charge in [0.15, 0.2) is 0 Å². The van der Waals surface area contributed by atoms with E-state index in [0.717, 1.165) is 25.9 Å². The van der Waals surface area contributed by atoms with Gasteiger partial charge in [0.25, 0.3) is 0 Å². The fraction of sp³-hybridized carbons (Fsp3) is 0.929. The lowest BCUT2D eigenvalue weighted by Gasteiger charge is -2.41. The summed E-state index contributed by atoms with van der Waals surface area (Å²) in [6.07, 6.45) is 1.62. The first-order valence-corrected chi connectivity index (χ1v) is 7.25. The highest BCUT2D eigenvalue weighted by molar-refractivity contribution is 5.67. The van der Waals surface area contributed by atoms with E-state index in [1.807, 2.05) is 20.8 Å². The topological polar surface area (TPSA) is 62.4 Å². The van der Waals surface area contributed by atoms with Crippen molar-refractivity contribution < 1.29 is 9.53 Å². The zero-order valence-corrected chi connectivity index (χ0v) is 12.9. The van der Waals surface area contributed by atoms with E-state index in [9.17, 15) is 4.79 Å². The van der Waals surface area contributed by atoms with Crippen LogP contribution in [0.5, 0.6) is 0 Å². The Morgan fingerprint density at radius 2 is 1.84 bits per heavy atom. The maximum Gasteiger partial charge on any atom is 0.407 e. The molecule has 0 aromatic heterocycles. The predicted molar refractivity (Wildman–Crippen MR) is 77.3 cm³/mol. The van der Waals surface area contributed by atoms with E-state index < -0.39 is 5.60 Å². The van der Waals surface area contributed by atoms with Crippen molar-refractivity contribution in [3.05, 3.63) is 0 Å². The molecule has 1 aliphatic heterocycles. The fourth-order valence-corrected chi connectivity index (χ4v) is 2.13. The maximum atomic E-state index is 11.7. The van der Waals surface area contributed by atoms with Crippen molar-refractivity contribution in [2.45, 2.75) is 64.6 Å². The van der Waals surface area contributed by atoms with Crippen molar-refractivity contribution in [3.8, 4) is 0 Å². The minimum absolute atomic E-state index is 0.0380. The Bertz CT molecular complexity index is 292. The van der Waals surface area contributed by atoms with E-state index >= 15 is 0 Å². The van der Waals surface area contributed by atoms with Crippen molar-refractivity contribution in [1.29, 1.82) is 0 Å². The molecule has 19 heavy (non-hydrogen) atoms. The molecule has 1 fully saturated rings. The van der Waals surface area contributed by atoms with Gasteiger partial charge in [0.1, 0.15) is 5.60 Å². The van der Waals surface area contributed by atoms with E-state index in [0.29, 0.717) is 12.6 Å². The average molecular weight is 271 g/mol. The van der Waals surface area contributed by atoms with Crippen molar-refractivity contribution in [3.63, 3.8) is 0 Å². The summed E-state index contributed by atoms with van der Waals surface area (Å²) in [5, 5.41) is 9.80. The van der Waals surface area contributed by atoms with Gasteiger partial charge in [-0.3, -0.25) is 0 Å². The largest absolute Gasteiger partial charge is 0.444 e. The van der Waals surface area contributed by atoms with Crippen LogP contribution in [0.2, 0.25) is 0 Å². The molecule has 1 saturated heterocycles. The summed E-state index contributed by atoms with van der Waals surface area (Å²) in [7, 11) is 0. The van der Waals surface area contributed by atoms with E-state index in [1.54, 1.807) is 0 Å². The SMILES string of the molecule is CCC(CC)(CNC(=O)OC(C)(C)C)NC1CNC1. The molecular formula is C14H29N3O2. The monoisotopic (exact) mass is 271 g/mol. The third kappa shape index (κ3) is 5.37. The minimum atomic E-state index is -0.448. The Kier molecular flexibility index (Phi) is 5.62. The Hall–Kier alpha value is -0.810. The molecule has 0 aromatic rings. The lowest BCUT2D eigenvalue weighted by Crippen LogP contribution is -2.65. The van der Waals surface area contributed by atoms with Crippen LogP contribution in [-0.2, 0) is 4.74 Å². The minimum Gasteiger partial charge on any atom is -0.444 e. The molecular weight excluding hydrogens is 242 g/mol. The molecule has 1 heterocycles. The number of nitrogens with one attached hydrogen (secondary N) is 3. The summed E-state index contributed by atoms with van der Waals surface area (Å²) in [5.41, 5.74) is -0.486. The molecule has 0 unspecified atom stereocenters. The molecule has 0 bridgehead atoms. The Morgan fingerprint density at radius 3 is 2.21 bits per heavy atom. The van der Waals surface area contributed by atoms with Crippen LogP contribution >= 0.6 is 0 Å². The van der Waals surface area contributed by atoms with E-state index in [4.69, 9.17) is 4.74 Å². The average Bonchev–Trinajstić information content (AvgIpc) is 2.26. The van der Waals surface area contributed by atoms with Gasteiger partial charge in [0.2, 0.25) is 0 Å². The van der Waals surface area contributed by atoms with Crippen molar-refractivity contribution in [1.82, 2.24) is 16.0 Å². The van der Waals surface area contributed by atoms with Crippen LogP contribution in [0, 0.1) is 0 Å². The molecule has 5 heteroatoms. The van der Waals surface area contributed by atoms with Gasteiger partial charge in [-0.25, -0.2) is 4.79 Å². The van der Waals surface area contributed by atoms with Gasteiger partial charge in [-0.15, -0.1) is 0 Å². The zero-order chi connectivity index (χ0) is 14.5. The van der Waals surface area contributed by atoms with Crippen LogP contribution in [0.1, 0.15) is 47.5 Å². The highest BCUT2D eigenvalue weighted by Gasteiger charge is 2.32. The van der Waals surface area contributed by atoms with Crippen molar-refractivity contribution in [2.24, 2.45) is 0 Å². The van der Waals surface area contributed by atoms with Crippen LogP contribution in [0.3, 0.4) is 0 Å². The number of hydrogen-bond acceptors (Lipinski definition) is 4. The Labute approximate surface area is 116 Å². The van der Waals surface area contributed by atoms with Crippen molar-refractivity contribution >= 4 is 6.09 Å². The van der Waals surface area contributed by atoms with Gasteiger partial charge < -0.3 is 20.7 Å². The quantitative estimate of drug-likeness (QED) is 0.687. The molecule has 1 amide bonds. The number of hydrogen-bond donors (Lipinski definition) is 3. The Morgan fingerprint density at radius 1 is 1.26 bits per heavy atom. The molecule has 112 valence electrons. The second-order valence-electron chi connectivity index (χ2n) is 6.34. The summed E-state index contributed by atoms with van der Waals surface area (Å²) in [6, 6.07) is 0.514. The molecule has 0 aliphatic carbocycles. The zero-order valence-electron chi connectivity index (χ0n) is 12.9. The third-order valence-corrected chi connectivity index (χ3v) is 3.62. The van der Waals surface area contributed by atoms with Crippen LogP contribution < -0.4 is 16.0 Å². The molecule has 1 rings (SSSR count). The standard InChI is InChI=1S/C14H29N3O2/c1-6-14(7-2,17-11-8-15-9-11)10-16-12(18)19-13(3,4)5/h11,15,17H,6-10H2,1-5H3,(H,16,18). The molecule has 0 saturated carbocycles. The molecule has 0 aromatic carbocycles. The van der Waals surface area contributed by atoms with E-state index in [-0.39, 0.29) is 11.6 Å². The molecule has 5 nitrogen and oxygen atoms in total. The molecule has 0 spiro atoms. The van der Waals surface area contributed by atoms with Crippen molar-refractivity contribution in [2.75, 3.05) is 19.6 Å². The van der Waals surface area contributed by atoms with Gasteiger partial charge in [-0.05, 0) is 33.6 Å². The van der Waals surface area contributed by atoms with Gasteiger partial charge in [-0.1, -0.05) is 13.8 Å². The molecule has 0 atom stereocenters. The highest BCUT2D eigenvalue weighted by atomic mass is 16.6. The first kappa shape index (κ1) is 16.2. The van der Waals surface area contributed by atoms with Crippen LogP contribution in [0.4, 0.5) is 4.79 Å².